The summed E-state index contributed by atoms with van der Waals surface area (Å²) in [4.78, 5) is 14.9. The molecule has 140 valence electrons. The number of rotatable bonds is 1. The number of halogens is 3. The van der Waals surface area contributed by atoms with Crippen molar-refractivity contribution >= 4 is 11.7 Å². The standard InChI is InChI=1S/C18H26F3N3O/c1-12-10-24(11-15(23(12)5)18(19,20)21)16(25)22-14-8-6-13(7-9-14)17(2,3)4/h6-9,12,15H,10-11H2,1-5H3,(H,22,25). The number of likely N-dealkylation sites (N-methyl/N-ethyl adjacent to an activating group) is 1. The number of piperazine rings is 1. The molecule has 0 saturated carbocycles. The number of carbonyl (C=O) groups excluding carboxylic acids is 1. The van der Waals surface area contributed by atoms with Gasteiger partial charge in [0.2, 0.25) is 0 Å². The molecule has 2 unspecified atom stereocenters. The van der Waals surface area contributed by atoms with Crippen molar-refractivity contribution in [2.24, 2.45) is 0 Å². The highest BCUT2D eigenvalue weighted by Gasteiger charge is 2.47. The minimum atomic E-state index is -4.36. The lowest BCUT2D eigenvalue weighted by molar-refractivity contribution is -0.196. The summed E-state index contributed by atoms with van der Waals surface area (Å²) in [5, 5.41) is 2.70. The fourth-order valence-corrected chi connectivity index (χ4v) is 2.92. The Morgan fingerprint density at radius 3 is 2.16 bits per heavy atom. The van der Waals surface area contributed by atoms with E-state index in [9.17, 15) is 18.0 Å². The van der Waals surface area contributed by atoms with E-state index in [0.29, 0.717) is 5.69 Å². The number of alkyl halides is 3. The van der Waals surface area contributed by atoms with Gasteiger partial charge in [0.15, 0.2) is 0 Å². The summed E-state index contributed by atoms with van der Waals surface area (Å²) in [5.74, 6) is 0. The molecule has 0 aromatic heterocycles. The fourth-order valence-electron chi connectivity index (χ4n) is 2.92. The Hall–Kier alpha value is -1.76. The average molecular weight is 357 g/mol. The van der Waals surface area contributed by atoms with E-state index in [0.717, 1.165) is 5.56 Å². The molecule has 1 fully saturated rings. The average Bonchev–Trinajstić information content (AvgIpc) is 2.48. The second-order valence-electron chi connectivity index (χ2n) is 7.73. The number of anilines is 1. The highest BCUT2D eigenvalue weighted by atomic mass is 19.4. The van der Waals surface area contributed by atoms with Crippen molar-refractivity contribution in [2.75, 3.05) is 25.5 Å². The maximum absolute atomic E-state index is 13.2. The molecule has 0 spiro atoms. The summed E-state index contributed by atoms with van der Waals surface area (Å²) >= 11 is 0. The molecule has 2 rings (SSSR count). The van der Waals surface area contributed by atoms with Crippen LogP contribution in [0, 0.1) is 0 Å². The van der Waals surface area contributed by atoms with Gasteiger partial charge in [-0.1, -0.05) is 32.9 Å². The Labute approximate surface area is 147 Å². The lowest BCUT2D eigenvalue weighted by atomic mass is 9.87. The van der Waals surface area contributed by atoms with Crippen LogP contribution in [-0.2, 0) is 5.41 Å². The van der Waals surface area contributed by atoms with Gasteiger partial charge in [0.1, 0.15) is 6.04 Å². The lowest BCUT2D eigenvalue weighted by Gasteiger charge is -2.44. The summed E-state index contributed by atoms with van der Waals surface area (Å²) in [7, 11) is 1.45. The van der Waals surface area contributed by atoms with Gasteiger partial charge >= 0.3 is 12.2 Å². The molecular weight excluding hydrogens is 331 g/mol. The number of carbonyl (C=O) groups is 1. The smallest absolute Gasteiger partial charge is 0.321 e. The molecule has 1 aliphatic rings. The highest BCUT2D eigenvalue weighted by Crippen LogP contribution is 2.29. The van der Waals surface area contributed by atoms with Gasteiger partial charge in [-0.15, -0.1) is 0 Å². The molecule has 1 N–H and O–H groups in total. The Morgan fingerprint density at radius 2 is 1.68 bits per heavy atom. The molecule has 4 nitrogen and oxygen atoms in total. The van der Waals surface area contributed by atoms with Crippen molar-refractivity contribution in [2.45, 2.75) is 51.4 Å². The first-order chi connectivity index (χ1) is 11.4. The summed E-state index contributed by atoms with van der Waals surface area (Å²) in [6.45, 7) is 7.85. The molecule has 1 saturated heterocycles. The molecule has 0 bridgehead atoms. The van der Waals surface area contributed by atoms with Crippen LogP contribution in [0.5, 0.6) is 0 Å². The molecule has 0 aliphatic carbocycles. The van der Waals surface area contributed by atoms with E-state index in [1.54, 1.807) is 19.1 Å². The Kier molecular flexibility index (Phi) is 5.37. The number of hydrogen-bond donors (Lipinski definition) is 1. The number of urea groups is 1. The monoisotopic (exact) mass is 357 g/mol. The minimum Gasteiger partial charge on any atom is -0.321 e. The van der Waals surface area contributed by atoms with E-state index in [4.69, 9.17) is 0 Å². The van der Waals surface area contributed by atoms with E-state index in [-0.39, 0.29) is 24.5 Å². The maximum Gasteiger partial charge on any atom is 0.405 e. The van der Waals surface area contributed by atoms with Gasteiger partial charge in [0.25, 0.3) is 0 Å². The van der Waals surface area contributed by atoms with Crippen LogP contribution in [0.3, 0.4) is 0 Å². The lowest BCUT2D eigenvalue weighted by Crippen LogP contribution is -2.62. The molecule has 1 aromatic rings. The van der Waals surface area contributed by atoms with Crippen LogP contribution in [0.4, 0.5) is 23.7 Å². The van der Waals surface area contributed by atoms with Crippen LogP contribution in [0.15, 0.2) is 24.3 Å². The van der Waals surface area contributed by atoms with E-state index >= 15 is 0 Å². The van der Waals surface area contributed by atoms with E-state index in [2.05, 4.69) is 26.1 Å². The molecule has 25 heavy (non-hydrogen) atoms. The van der Waals surface area contributed by atoms with Gasteiger partial charge in [-0.3, -0.25) is 4.90 Å². The Morgan fingerprint density at radius 1 is 1.12 bits per heavy atom. The first-order valence-corrected chi connectivity index (χ1v) is 8.34. The van der Waals surface area contributed by atoms with E-state index in [1.807, 2.05) is 12.1 Å². The van der Waals surface area contributed by atoms with Gasteiger partial charge in [-0.25, -0.2) is 4.79 Å². The predicted octanol–water partition coefficient (Wildman–Crippen LogP) is 4.08. The van der Waals surface area contributed by atoms with Crippen LogP contribution >= 0.6 is 0 Å². The number of nitrogens with one attached hydrogen (secondary N) is 1. The molecule has 1 aromatic carbocycles. The molecule has 0 radical (unpaired) electrons. The zero-order valence-corrected chi connectivity index (χ0v) is 15.3. The molecule has 1 heterocycles. The second-order valence-corrected chi connectivity index (χ2v) is 7.73. The van der Waals surface area contributed by atoms with Gasteiger partial charge < -0.3 is 10.2 Å². The summed E-state index contributed by atoms with van der Waals surface area (Å²) in [6.07, 6.45) is -4.36. The topological polar surface area (TPSA) is 35.6 Å². The molecule has 7 heteroatoms. The second kappa shape index (κ2) is 6.86. The summed E-state index contributed by atoms with van der Waals surface area (Å²) < 4.78 is 39.6. The molecule has 2 amide bonds. The Bertz CT molecular complexity index is 607. The van der Waals surface area contributed by atoms with E-state index < -0.39 is 18.2 Å². The predicted molar refractivity (Wildman–Crippen MR) is 92.8 cm³/mol. The first kappa shape index (κ1) is 19.6. The van der Waals surface area contributed by atoms with Crippen LogP contribution < -0.4 is 5.32 Å². The Balaban J connectivity index is 2.07. The van der Waals surface area contributed by atoms with Gasteiger partial charge in [0, 0.05) is 24.8 Å². The molecule has 2 atom stereocenters. The van der Waals surface area contributed by atoms with Crippen molar-refractivity contribution in [3.05, 3.63) is 29.8 Å². The van der Waals surface area contributed by atoms with Crippen molar-refractivity contribution in [1.29, 1.82) is 0 Å². The van der Waals surface area contributed by atoms with Gasteiger partial charge in [0.05, 0.1) is 0 Å². The van der Waals surface area contributed by atoms with Crippen LogP contribution in [0.1, 0.15) is 33.3 Å². The van der Waals surface area contributed by atoms with Gasteiger partial charge in [-0.2, -0.15) is 13.2 Å². The number of hydrogen-bond acceptors (Lipinski definition) is 2. The number of amides is 2. The highest BCUT2D eigenvalue weighted by molar-refractivity contribution is 5.89. The number of nitrogens with zero attached hydrogens (tertiary/aromatic N) is 2. The number of benzene rings is 1. The third kappa shape index (κ3) is 4.66. The normalized spacial score (nSPS) is 22.8. The summed E-state index contributed by atoms with van der Waals surface area (Å²) in [6, 6.07) is 4.87. The van der Waals surface area contributed by atoms with Crippen LogP contribution in [0.2, 0.25) is 0 Å². The van der Waals surface area contributed by atoms with Crippen LogP contribution in [-0.4, -0.2) is 54.2 Å². The minimum absolute atomic E-state index is 0.00461. The first-order valence-electron chi connectivity index (χ1n) is 8.34. The van der Waals surface area contributed by atoms with Crippen molar-refractivity contribution in [3.8, 4) is 0 Å². The summed E-state index contributed by atoms with van der Waals surface area (Å²) in [5.41, 5.74) is 1.69. The van der Waals surface area contributed by atoms with Crippen molar-refractivity contribution in [3.63, 3.8) is 0 Å². The largest absolute Gasteiger partial charge is 0.405 e. The van der Waals surface area contributed by atoms with Crippen molar-refractivity contribution < 1.29 is 18.0 Å². The molecule has 1 aliphatic heterocycles. The van der Waals surface area contributed by atoms with Gasteiger partial charge in [-0.05, 0) is 37.1 Å². The maximum atomic E-state index is 13.2. The third-order valence-electron chi connectivity index (χ3n) is 4.73. The van der Waals surface area contributed by atoms with E-state index in [1.165, 1.54) is 16.8 Å². The van der Waals surface area contributed by atoms with Crippen molar-refractivity contribution in [1.82, 2.24) is 9.80 Å². The zero-order valence-electron chi connectivity index (χ0n) is 15.3. The molecular formula is C18H26F3N3O. The third-order valence-corrected chi connectivity index (χ3v) is 4.73. The quantitative estimate of drug-likeness (QED) is 0.822. The van der Waals surface area contributed by atoms with Crippen LogP contribution in [0.25, 0.3) is 0 Å². The fraction of sp³-hybridized carbons (Fsp3) is 0.611. The zero-order chi connectivity index (χ0) is 19.0. The SMILES string of the molecule is CC1CN(C(=O)Nc2ccc(C(C)(C)C)cc2)CC(C(F)(F)F)N1C.